The summed E-state index contributed by atoms with van der Waals surface area (Å²) < 4.78 is 4.33. The number of hydrogen-bond donors (Lipinski definition) is 1. The summed E-state index contributed by atoms with van der Waals surface area (Å²) in [5, 5.41) is 18.5. The van der Waals surface area contributed by atoms with Gasteiger partial charge >= 0.3 is 5.97 Å². The van der Waals surface area contributed by atoms with Gasteiger partial charge in [0.15, 0.2) is 0 Å². The molecule has 0 unspecified atom stereocenters. The molecule has 0 spiro atoms. The van der Waals surface area contributed by atoms with E-state index in [1.54, 1.807) is 6.92 Å². The normalized spacial score (nSPS) is 9.27. The predicted molar refractivity (Wildman–Crippen MR) is 37.2 cm³/mol. The average Bonchev–Trinajstić information content (AvgIpc) is 1.91. The number of rotatable bonds is 2. The van der Waals surface area contributed by atoms with Gasteiger partial charge in [-0.1, -0.05) is 5.16 Å². The summed E-state index contributed by atoms with van der Waals surface area (Å²) in [6.07, 6.45) is 0. The first-order valence-electron chi connectivity index (χ1n) is 2.55. The van der Waals surface area contributed by atoms with E-state index in [1.807, 2.05) is 0 Å². The van der Waals surface area contributed by atoms with Crippen molar-refractivity contribution in [3.05, 3.63) is 0 Å². The maximum Gasteiger partial charge on any atom is 0.371 e. The van der Waals surface area contributed by atoms with E-state index in [9.17, 15) is 4.79 Å². The molecular weight excluding hydrogens is 175 g/mol. The second kappa shape index (κ2) is 8.17. The number of oxime groups is 1. The SMILES string of the molecule is CCOC(=O)/C(C#N)=N/O.[K]. The fourth-order valence-corrected chi connectivity index (χ4v) is 0.308. The molecular formula is C5H6KN2O3. The van der Waals surface area contributed by atoms with Gasteiger partial charge in [0.05, 0.1) is 6.61 Å². The van der Waals surface area contributed by atoms with Crippen LogP contribution in [0.3, 0.4) is 0 Å². The summed E-state index contributed by atoms with van der Waals surface area (Å²) in [4.78, 5) is 10.5. The van der Waals surface area contributed by atoms with Gasteiger partial charge in [0.2, 0.25) is 0 Å². The Kier molecular flexibility index (Phi) is 10.1. The van der Waals surface area contributed by atoms with Gasteiger partial charge in [0, 0.05) is 51.4 Å². The molecule has 0 aromatic carbocycles. The van der Waals surface area contributed by atoms with Crippen LogP contribution < -0.4 is 0 Å². The Morgan fingerprint density at radius 1 is 1.82 bits per heavy atom. The number of carbonyl (C=O) groups excluding carboxylic acids is 1. The number of nitriles is 1. The van der Waals surface area contributed by atoms with E-state index in [0.717, 1.165) is 0 Å². The van der Waals surface area contributed by atoms with Crippen molar-refractivity contribution < 1.29 is 14.7 Å². The molecule has 0 atom stereocenters. The van der Waals surface area contributed by atoms with Gasteiger partial charge in [-0.25, -0.2) is 4.79 Å². The Labute approximate surface area is 106 Å². The van der Waals surface area contributed by atoms with Crippen LogP contribution in [0.1, 0.15) is 6.92 Å². The van der Waals surface area contributed by atoms with Crippen molar-refractivity contribution in [3.63, 3.8) is 0 Å². The molecule has 0 saturated heterocycles. The minimum absolute atomic E-state index is 0. The molecule has 0 aliphatic carbocycles. The molecule has 1 radical (unpaired) electrons. The van der Waals surface area contributed by atoms with Crippen molar-refractivity contribution in [1.82, 2.24) is 0 Å². The first-order chi connectivity index (χ1) is 4.76. The number of esters is 1. The van der Waals surface area contributed by atoms with Crippen molar-refractivity contribution in [2.45, 2.75) is 6.92 Å². The van der Waals surface area contributed by atoms with Crippen LogP contribution in [0.25, 0.3) is 0 Å². The van der Waals surface area contributed by atoms with Crippen LogP contribution in [0.15, 0.2) is 5.16 Å². The van der Waals surface area contributed by atoms with Gasteiger partial charge in [-0.05, 0) is 6.92 Å². The first-order valence-corrected chi connectivity index (χ1v) is 2.55. The summed E-state index contributed by atoms with van der Waals surface area (Å²) in [6.45, 7) is 1.74. The monoisotopic (exact) mass is 181 g/mol. The summed E-state index contributed by atoms with van der Waals surface area (Å²) in [5.41, 5.74) is -0.637. The zero-order chi connectivity index (χ0) is 7.98. The van der Waals surface area contributed by atoms with Crippen molar-refractivity contribution in [2.75, 3.05) is 6.61 Å². The first kappa shape index (κ1) is 13.6. The Morgan fingerprint density at radius 2 is 2.36 bits per heavy atom. The molecule has 11 heavy (non-hydrogen) atoms. The third kappa shape index (κ3) is 5.35. The molecule has 0 aliphatic rings. The van der Waals surface area contributed by atoms with Crippen LogP contribution in [-0.2, 0) is 9.53 Å². The van der Waals surface area contributed by atoms with Gasteiger partial charge in [-0.15, -0.1) is 0 Å². The Morgan fingerprint density at radius 3 is 2.64 bits per heavy atom. The van der Waals surface area contributed by atoms with Gasteiger partial charge in [0.1, 0.15) is 6.07 Å². The van der Waals surface area contributed by atoms with E-state index in [0.29, 0.717) is 0 Å². The Hall–Kier alpha value is 0.0664. The molecule has 0 fully saturated rings. The van der Waals surface area contributed by atoms with Crippen LogP contribution >= 0.6 is 0 Å². The fourth-order valence-electron chi connectivity index (χ4n) is 0.308. The van der Waals surface area contributed by atoms with Crippen LogP contribution in [0.5, 0.6) is 0 Å². The molecule has 0 bridgehead atoms. The largest absolute Gasteiger partial charge is 0.461 e. The summed E-state index contributed by atoms with van der Waals surface area (Å²) >= 11 is 0. The van der Waals surface area contributed by atoms with E-state index in [2.05, 4.69) is 9.89 Å². The van der Waals surface area contributed by atoms with Crippen LogP contribution in [0.4, 0.5) is 0 Å². The molecule has 0 aliphatic heterocycles. The van der Waals surface area contributed by atoms with Crippen molar-refractivity contribution >= 4 is 63.1 Å². The zero-order valence-corrected chi connectivity index (χ0v) is 9.49. The summed E-state index contributed by atoms with van der Waals surface area (Å²) in [5.74, 6) is -0.910. The van der Waals surface area contributed by atoms with Gasteiger partial charge in [0.25, 0.3) is 5.71 Å². The molecule has 6 heteroatoms. The van der Waals surface area contributed by atoms with Gasteiger partial charge < -0.3 is 9.94 Å². The molecule has 0 aromatic rings. The minimum Gasteiger partial charge on any atom is -0.461 e. The zero-order valence-electron chi connectivity index (χ0n) is 6.37. The summed E-state index contributed by atoms with van der Waals surface area (Å²) in [7, 11) is 0. The smallest absolute Gasteiger partial charge is 0.371 e. The molecule has 55 valence electrons. The average molecular weight is 181 g/mol. The van der Waals surface area contributed by atoms with E-state index in [4.69, 9.17) is 10.5 Å². The van der Waals surface area contributed by atoms with Crippen LogP contribution in [0, 0.1) is 11.3 Å². The molecule has 0 heterocycles. The van der Waals surface area contributed by atoms with Crippen molar-refractivity contribution in [2.24, 2.45) is 5.16 Å². The maximum atomic E-state index is 10.5. The second-order valence-corrected chi connectivity index (χ2v) is 1.28. The molecule has 0 aromatic heterocycles. The minimum atomic E-state index is -0.910. The number of hydrogen-bond acceptors (Lipinski definition) is 5. The second-order valence-electron chi connectivity index (χ2n) is 1.28. The predicted octanol–water partition coefficient (Wildman–Crippen LogP) is -0.478. The molecule has 1 N–H and O–H groups in total. The topological polar surface area (TPSA) is 82.7 Å². The van der Waals surface area contributed by atoms with Crippen molar-refractivity contribution in [3.8, 4) is 6.07 Å². The fraction of sp³-hybridized carbons (Fsp3) is 0.400. The van der Waals surface area contributed by atoms with Crippen LogP contribution in [-0.4, -0.2) is 74.9 Å². The van der Waals surface area contributed by atoms with E-state index in [-0.39, 0.29) is 58.0 Å². The third-order valence-corrected chi connectivity index (χ3v) is 0.675. The van der Waals surface area contributed by atoms with E-state index in [1.165, 1.54) is 6.07 Å². The third-order valence-electron chi connectivity index (χ3n) is 0.675. The van der Waals surface area contributed by atoms with E-state index < -0.39 is 11.7 Å². The molecule has 5 nitrogen and oxygen atoms in total. The molecule has 0 saturated carbocycles. The standard InChI is InChI=1S/C5H6N2O3.K/c1-2-10-5(8)4(3-6)7-9;/h9H,2H2,1H3;/b7-4+;. The van der Waals surface area contributed by atoms with Crippen LogP contribution in [0.2, 0.25) is 0 Å². The van der Waals surface area contributed by atoms with Gasteiger partial charge in [-0.3, -0.25) is 0 Å². The quantitative estimate of drug-likeness (QED) is 0.205. The molecule has 0 amide bonds. The van der Waals surface area contributed by atoms with Gasteiger partial charge in [-0.2, -0.15) is 5.26 Å². The summed E-state index contributed by atoms with van der Waals surface area (Å²) in [6, 6.07) is 1.36. The van der Waals surface area contributed by atoms with Crippen molar-refractivity contribution in [1.29, 1.82) is 5.26 Å². The maximum absolute atomic E-state index is 10.5. The Bertz CT molecular complexity index is 196. The van der Waals surface area contributed by atoms with E-state index >= 15 is 0 Å². The number of carbonyl (C=O) groups is 1. The Balaban J connectivity index is 0. The number of ether oxygens (including phenoxy) is 1. The molecule has 0 rings (SSSR count). The number of nitrogens with zero attached hydrogens (tertiary/aromatic N) is 2.